The topological polar surface area (TPSA) is 53.7 Å². The highest BCUT2D eigenvalue weighted by Gasteiger charge is 2.14. The monoisotopic (exact) mass is 285 g/mol. The van der Waals surface area contributed by atoms with Crippen LogP contribution in [-0.4, -0.2) is 38.9 Å². The van der Waals surface area contributed by atoms with Crippen LogP contribution in [0.25, 0.3) is 0 Å². The van der Waals surface area contributed by atoms with E-state index in [0.29, 0.717) is 23.9 Å². The number of hydrogen-bond donors (Lipinski definition) is 1. The minimum absolute atomic E-state index is 0.0951. The van der Waals surface area contributed by atoms with Gasteiger partial charge in [0.1, 0.15) is 0 Å². The van der Waals surface area contributed by atoms with E-state index in [0.717, 1.165) is 17.7 Å². The van der Waals surface area contributed by atoms with Gasteiger partial charge in [0.25, 0.3) is 0 Å². The lowest BCUT2D eigenvalue weighted by atomic mass is 10.1. The minimum atomic E-state index is 0.0951. The molecule has 0 aliphatic rings. The molecule has 0 saturated heterocycles. The maximum Gasteiger partial charge on any atom is 0.203 e. The van der Waals surface area contributed by atoms with Crippen LogP contribution < -0.4 is 19.9 Å². The SMILES string of the molecule is COc1cc(CC(C)N)cc(OC)c1OCCSC. The minimum Gasteiger partial charge on any atom is -0.493 e. The summed E-state index contributed by atoms with van der Waals surface area (Å²) in [5.74, 6) is 2.97. The van der Waals surface area contributed by atoms with Gasteiger partial charge in [0, 0.05) is 11.8 Å². The van der Waals surface area contributed by atoms with Crippen molar-refractivity contribution in [2.45, 2.75) is 19.4 Å². The van der Waals surface area contributed by atoms with Crippen LogP contribution in [0, 0.1) is 0 Å². The van der Waals surface area contributed by atoms with E-state index in [1.165, 1.54) is 0 Å². The molecule has 1 atom stereocenters. The Balaban J connectivity index is 2.99. The smallest absolute Gasteiger partial charge is 0.203 e. The van der Waals surface area contributed by atoms with E-state index in [-0.39, 0.29) is 6.04 Å². The Bertz CT molecular complexity index is 371. The highest BCUT2D eigenvalue weighted by atomic mass is 32.2. The molecule has 0 amide bonds. The zero-order valence-electron chi connectivity index (χ0n) is 12.1. The molecule has 1 unspecified atom stereocenters. The quantitative estimate of drug-likeness (QED) is 0.743. The predicted molar refractivity (Wildman–Crippen MR) is 80.8 cm³/mol. The first-order valence-corrected chi connectivity index (χ1v) is 7.64. The molecule has 5 heteroatoms. The molecule has 108 valence electrons. The Morgan fingerprint density at radius 1 is 1.21 bits per heavy atom. The van der Waals surface area contributed by atoms with E-state index in [2.05, 4.69) is 0 Å². The molecule has 0 aliphatic heterocycles. The van der Waals surface area contributed by atoms with Crippen LogP contribution in [-0.2, 0) is 6.42 Å². The number of nitrogens with two attached hydrogens (primary N) is 1. The van der Waals surface area contributed by atoms with Gasteiger partial charge in [0.05, 0.1) is 20.8 Å². The Morgan fingerprint density at radius 2 is 1.79 bits per heavy atom. The fourth-order valence-corrected chi connectivity index (χ4v) is 2.04. The maximum absolute atomic E-state index is 5.83. The van der Waals surface area contributed by atoms with Gasteiger partial charge in [-0.1, -0.05) is 0 Å². The van der Waals surface area contributed by atoms with Crippen LogP contribution in [0.4, 0.5) is 0 Å². The van der Waals surface area contributed by atoms with Crippen molar-refractivity contribution in [2.24, 2.45) is 5.73 Å². The summed E-state index contributed by atoms with van der Waals surface area (Å²) in [6.45, 7) is 2.60. The van der Waals surface area contributed by atoms with Gasteiger partial charge < -0.3 is 19.9 Å². The van der Waals surface area contributed by atoms with E-state index < -0.39 is 0 Å². The van der Waals surface area contributed by atoms with Crippen molar-refractivity contribution in [2.75, 3.05) is 32.8 Å². The number of methoxy groups -OCH3 is 2. The van der Waals surface area contributed by atoms with Crippen molar-refractivity contribution in [3.05, 3.63) is 17.7 Å². The molecule has 0 spiro atoms. The summed E-state index contributed by atoms with van der Waals surface area (Å²) in [5, 5.41) is 0. The van der Waals surface area contributed by atoms with Crippen molar-refractivity contribution in [3.63, 3.8) is 0 Å². The fourth-order valence-electron chi connectivity index (χ4n) is 1.79. The summed E-state index contributed by atoms with van der Waals surface area (Å²) in [6, 6.07) is 4.01. The average molecular weight is 285 g/mol. The number of rotatable bonds is 8. The molecule has 0 radical (unpaired) electrons. The molecule has 4 nitrogen and oxygen atoms in total. The molecule has 19 heavy (non-hydrogen) atoms. The van der Waals surface area contributed by atoms with Crippen LogP contribution in [0.1, 0.15) is 12.5 Å². The molecule has 0 fully saturated rings. The second-order valence-corrected chi connectivity index (χ2v) is 5.34. The van der Waals surface area contributed by atoms with Crippen molar-refractivity contribution in [1.29, 1.82) is 0 Å². The van der Waals surface area contributed by atoms with E-state index >= 15 is 0 Å². The molecule has 0 aliphatic carbocycles. The summed E-state index contributed by atoms with van der Waals surface area (Å²) in [5.41, 5.74) is 6.91. The predicted octanol–water partition coefficient (Wildman–Crippen LogP) is 2.34. The molecule has 1 aromatic rings. The van der Waals surface area contributed by atoms with Gasteiger partial charge >= 0.3 is 0 Å². The van der Waals surface area contributed by atoms with Gasteiger partial charge in [0.2, 0.25) is 5.75 Å². The lowest BCUT2D eigenvalue weighted by Crippen LogP contribution is -2.17. The van der Waals surface area contributed by atoms with Gasteiger partial charge in [-0.05, 0) is 37.3 Å². The van der Waals surface area contributed by atoms with E-state index in [9.17, 15) is 0 Å². The van der Waals surface area contributed by atoms with Crippen molar-refractivity contribution in [3.8, 4) is 17.2 Å². The van der Waals surface area contributed by atoms with Crippen LogP contribution >= 0.6 is 11.8 Å². The fraction of sp³-hybridized carbons (Fsp3) is 0.571. The van der Waals surface area contributed by atoms with Crippen LogP contribution in [0.5, 0.6) is 17.2 Å². The molecule has 0 bridgehead atoms. The zero-order chi connectivity index (χ0) is 14.3. The molecular formula is C14H23NO3S. The Morgan fingerprint density at radius 3 is 2.21 bits per heavy atom. The molecule has 0 saturated carbocycles. The summed E-state index contributed by atoms with van der Waals surface area (Å²) in [7, 11) is 3.26. The zero-order valence-corrected chi connectivity index (χ0v) is 12.9. The third-order valence-corrected chi connectivity index (χ3v) is 3.19. The summed E-state index contributed by atoms with van der Waals surface area (Å²) >= 11 is 1.74. The Labute approximate surface area is 119 Å². The van der Waals surface area contributed by atoms with Crippen LogP contribution in [0.15, 0.2) is 12.1 Å². The van der Waals surface area contributed by atoms with E-state index in [1.54, 1.807) is 26.0 Å². The third kappa shape index (κ3) is 4.84. The molecule has 2 N–H and O–H groups in total. The van der Waals surface area contributed by atoms with Gasteiger partial charge in [-0.25, -0.2) is 0 Å². The van der Waals surface area contributed by atoms with Crippen LogP contribution in [0.2, 0.25) is 0 Å². The van der Waals surface area contributed by atoms with E-state index in [4.69, 9.17) is 19.9 Å². The molecule has 1 aromatic carbocycles. The normalized spacial score (nSPS) is 12.1. The van der Waals surface area contributed by atoms with Gasteiger partial charge in [-0.15, -0.1) is 0 Å². The van der Waals surface area contributed by atoms with Crippen molar-refractivity contribution >= 4 is 11.8 Å². The first kappa shape index (κ1) is 16.0. The third-order valence-electron chi connectivity index (χ3n) is 2.61. The standard InChI is InChI=1S/C14H23NO3S/c1-10(15)7-11-8-12(16-2)14(13(9-11)17-3)18-5-6-19-4/h8-10H,5-7,15H2,1-4H3. The number of ether oxygens (including phenoxy) is 3. The first-order chi connectivity index (χ1) is 9.12. The molecule has 0 aromatic heterocycles. The Kier molecular flexibility index (Phi) is 6.87. The molecule has 1 rings (SSSR count). The first-order valence-electron chi connectivity index (χ1n) is 6.24. The lowest BCUT2D eigenvalue weighted by molar-refractivity contribution is 0.290. The second kappa shape index (κ2) is 8.17. The number of hydrogen-bond acceptors (Lipinski definition) is 5. The van der Waals surface area contributed by atoms with Gasteiger partial charge in [-0.3, -0.25) is 0 Å². The van der Waals surface area contributed by atoms with Crippen LogP contribution in [0.3, 0.4) is 0 Å². The lowest BCUT2D eigenvalue weighted by Gasteiger charge is -2.16. The van der Waals surface area contributed by atoms with Crippen molar-refractivity contribution < 1.29 is 14.2 Å². The van der Waals surface area contributed by atoms with E-state index in [1.807, 2.05) is 25.3 Å². The molecule has 0 heterocycles. The molecular weight excluding hydrogens is 262 g/mol. The average Bonchev–Trinajstić information content (AvgIpc) is 2.38. The summed E-state index contributed by atoms with van der Waals surface area (Å²) in [4.78, 5) is 0. The van der Waals surface area contributed by atoms with Gasteiger partial charge in [0.15, 0.2) is 11.5 Å². The maximum atomic E-state index is 5.83. The largest absolute Gasteiger partial charge is 0.493 e. The van der Waals surface area contributed by atoms with Crippen molar-refractivity contribution in [1.82, 2.24) is 0 Å². The summed E-state index contributed by atoms with van der Waals surface area (Å²) in [6.07, 6.45) is 2.82. The Hall–Kier alpha value is -1.07. The highest BCUT2D eigenvalue weighted by molar-refractivity contribution is 7.98. The number of benzene rings is 1. The summed E-state index contributed by atoms with van der Waals surface area (Å²) < 4.78 is 16.5. The highest BCUT2D eigenvalue weighted by Crippen LogP contribution is 2.38. The number of thioether (sulfide) groups is 1. The second-order valence-electron chi connectivity index (χ2n) is 4.35. The van der Waals surface area contributed by atoms with Gasteiger partial charge in [-0.2, -0.15) is 11.8 Å².